The minimum atomic E-state index is -0.535. The molecule has 116 valence electrons. The van der Waals surface area contributed by atoms with Gasteiger partial charge in [0.15, 0.2) is 5.78 Å². The molecule has 21 heavy (non-hydrogen) atoms. The highest BCUT2D eigenvalue weighted by Crippen LogP contribution is 2.32. The fraction of sp³-hybridized carbons (Fsp3) is 0.632. The van der Waals surface area contributed by atoms with E-state index in [4.69, 9.17) is 4.74 Å². The third-order valence-corrected chi connectivity index (χ3v) is 4.82. The molecule has 0 saturated heterocycles. The Balaban J connectivity index is 2.08. The lowest BCUT2D eigenvalue weighted by atomic mass is 9.86. The molecule has 0 unspecified atom stereocenters. The predicted octanol–water partition coefficient (Wildman–Crippen LogP) is 4.66. The molecule has 0 bridgehead atoms. The lowest BCUT2D eigenvalue weighted by Crippen LogP contribution is -2.41. The summed E-state index contributed by atoms with van der Waals surface area (Å²) in [7, 11) is 1.70. The highest BCUT2D eigenvalue weighted by molar-refractivity contribution is 5.89. The van der Waals surface area contributed by atoms with Gasteiger partial charge in [0, 0.05) is 13.5 Å². The summed E-state index contributed by atoms with van der Waals surface area (Å²) in [5.74, 6) is 0.783. The highest BCUT2D eigenvalue weighted by Gasteiger charge is 2.37. The van der Waals surface area contributed by atoms with E-state index in [1.165, 1.54) is 18.4 Å². The van der Waals surface area contributed by atoms with Crippen LogP contribution in [0.4, 0.5) is 0 Å². The predicted molar refractivity (Wildman–Crippen MR) is 86.7 cm³/mol. The lowest BCUT2D eigenvalue weighted by molar-refractivity contribution is -0.142. The molecule has 1 aliphatic rings. The number of methoxy groups -OCH3 is 1. The van der Waals surface area contributed by atoms with Crippen molar-refractivity contribution in [1.29, 1.82) is 0 Å². The van der Waals surface area contributed by atoms with Gasteiger partial charge in [-0.05, 0) is 29.9 Å². The van der Waals surface area contributed by atoms with E-state index in [2.05, 4.69) is 38.1 Å². The van der Waals surface area contributed by atoms with Gasteiger partial charge >= 0.3 is 0 Å². The van der Waals surface area contributed by atoms with Crippen molar-refractivity contribution in [3.63, 3.8) is 0 Å². The van der Waals surface area contributed by atoms with Crippen molar-refractivity contribution in [2.24, 2.45) is 0 Å². The van der Waals surface area contributed by atoms with Gasteiger partial charge in [-0.2, -0.15) is 0 Å². The van der Waals surface area contributed by atoms with Crippen LogP contribution in [0, 0.1) is 0 Å². The van der Waals surface area contributed by atoms with Crippen LogP contribution in [0.3, 0.4) is 0 Å². The molecular weight excluding hydrogens is 260 g/mol. The first kappa shape index (κ1) is 16.2. The van der Waals surface area contributed by atoms with Crippen LogP contribution in [-0.2, 0) is 16.0 Å². The van der Waals surface area contributed by atoms with Gasteiger partial charge in [0.2, 0.25) is 0 Å². The van der Waals surface area contributed by atoms with Gasteiger partial charge in [-0.1, -0.05) is 63.8 Å². The first-order valence-electron chi connectivity index (χ1n) is 8.25. The van der Waals surface area contributed by atoms with Gasteiger partial charge in [0.05, 0.1) is 0 Å². The van der Waals surface area contributed by atoms with Crippen molar-refractivity contribution >= 4 is 5.78 Å². The Labute approximate surface area is 128 Å². The monoisotopic (exact) mass is 288 g/mol. The molecule has 0 aliphatic heterocycles. The van der Waals surface area contributed by atoms with E-state index in [1.807, 2.05) is 0 Å². The second-order valence-corrected chi connectivity index (χ2v) is 6.61. The Morgan fingerprint density at radius 2 is 1.67 bits per heavy atom. The van der Waals surface area contributed by atoms with Crippen LogP contribution >= 0.6 is 0 Å². The smallest absolute Gasteiger partial charge is 0.168 e. The Bertz CT molecular complexity index is 451. The molecule has 0 N–H and O–H groups in total. The largest absolute Gasteiger partial charge is 0.370 e. The summed E-state index contributed by atoms with van der Waals surface area (Å²) in [6.07, 6.45) is 6.91. The van der Waals surface area contributed by atoms with Crippen molar-refractivity contribution < 1.29 is 9.53 Å². The molecule has 1 saturated carbocycles. The van der Waals surface area contributed by atoms with Gasteiger partial charge in [-0.3, -0.25) is 4.79 Å². The average molecular weight is 288 g/mol. The van der Waals surface area contributed by atoms with E-state index in [-0.39, 0.29) is 5.78 Å². The molecule has 0 amide bonds. The maximum absolute atomic E-state index is 12.8. The van der Waals surface area contributed by atoms with Crippen LogP contribution in [0.2, 0.25) is 0 Å². The summed E-state index contributed by atoms with van der Waals surface area (Å²) in [5.41, 5.74) is 1.89. The first-order chi connectivity index (χ1) is 10.1. The van der Waals surface area contributed by atoms with Crippen molar-refractivity contribution in [3.8, 4) is 0 Å². The number of ketones is 1. The van der Waals surface area contributed by atoms with E-state index < -0.39 is 5.60 Å². The number of benzene rings is 1. The van der Waals surface area contributed by atoms with Crippen LogP contribution in [0.5, 0.6) is 0 Å². The van der Waals surface area contributed by atoms with Crippen LogP contribution in [0.15, 0.2) is 24.3 Å². The van der Waals surface area contributed by atoms with Gasteiger partial charge in [-0.15, -0.1) is 0 Å². The minimum absolute atomic E-state index is 0.254. The molecule has 2 heteroatoms. The Morgan fingerprint density at radius 1 is 1.10 bits per heavy atom. The molecule has 2 nitrogen and oxygen atoms in total. The summed E-state index contributed by atoms with van der Waals surface area (Å²) >= 11 is 0. The summed E-state index contributed by atoms with van der Waals surface area (Å²) in [4.78, 5) is 12.8. The molecule has 0 heterocycles. The zero-order valence-electron chi connectivity index (χ0n) is 13.7. The van der Waals surface area contributed by atoms with E-state index >= 15 is 0 Å². The summed E-state index contributed by atoms with van der Waals surface area (Å²) < 4.78 is 5.71. The molecule has 1 fully saturated rings. The third-order valence-electron chi connectivity index (χ3n) is 4.82. The molecule has 0 aromatic heterocycles. The van der Waals surface area contributed by atoms with Gasteiger partial charge in [-0.25, -0.2) is 0 Å². The Hall–Kier alpha value is -1.15. The second kappa shape index (κ2) is 7.22. The summed E-state index contributed by atoms with van der Waals surface area (Å²) in [5, 5.41) is 0. The molecule has 1 aromatic rings. The van der Waals surface area contributed by atoms with Crippen LogP contribution in [0.25, 0.3) is 0 Å². The number of hydrogen-bond acceptors (Lipinski definition) is 2. The van der Waals surface area contributed by atoms with E-state index in [9.17, 15) is 4.79 Å². The fourth-order valence-electron chi connectivity index (χ4n) is 3.26. The average Bonchev–Trinajstić information content (AvgIpc) is 2.74. The molecule has 1 aromatic carbocycles. The molecule has 0 atom stereocenters. The first-order valence-corrected chi connectivity index (χ1v) is 8.25. The van der Waals surface area contributed by atoms with E-state index in [0.717, 1.165) is 31.2 Å². The van der Waals surface area contributed by atoms with Gasteiger partial charge in [0.1, 0.15) is 5.60 Å². The molecular formula is C19H28O2. The number of ether oxygens (including phenoxy) is 1. The highest BCUT2D eigenvalue weighted by atomic mass is 16.5. The SMILES string of the molecule is COC1(C(=O)Cc2ccc(C(C)C)cc2)CCCCCC1. The number of carbonyl (C=O) groups excluding carboxylic acids is 1. The van der Waals surface area contributed by atoms with Crippen LogP contribution in [-0.4, -0.2) is 18.5 Å². The maximum atomic E-state index is 12.8. The van der Waals surface area contributed by atoms with E-state index in [1.54, 1.807) is 7.11 Å². The Morgan fingerprint density at radius 3 is 2.14 bits per heavy atom. The minimum Gasteiger partial charge on any atom is -0.370 e. The summed E-state index contributed by atoms with van der Waals surface area (Å²) in [6.45, 7) is 4.37. The standard InChI is InChI=1S/C19H28O2/c1-15(2)17-10-8-16(9-11-17)14-18(20)19(21-3)12-6-4-5-7-13-19/h8-11,15H,4-7,12-14H2,1-3H3. The number of Topliss-reactive ketones (excluding diaryl/α,β-unsaturated/α-hetero) is 1. The number of rotatable bonds is 5. The second-order valence-electron chi connectivity index (χ2n) is 6.61. The fourth-order valence-corrected chi connectivity index (χ4v) is 3.26. The normalized spacial score (nSPS) is 18.5. The lowest BCUT2D eigenvalue weighted by Gasteiger charge is -2.29. The molecule has 0 radical (unpaired) electrons. The van der Waals surface area contributed by atoms with Crippen molar-refractivity contribution in [2.45, 2.75) is 70.3 Å². The van der Waals surface area contributed by atoms with Crippen molar-refractivity contribution in [1.82, 2.24) is 0 Å². The Kier molecular flexibility index (Phi) is 5.58. The topological polar surface area (TPSA) is 26.3 Å². The molecule has 0 spiro atoms. The maximum Gasteiger partial charge on any atom is 0.168 e. The summed E-state index contributed by atoms with van der Waals surface area (Å²) in [6, 6.07) is 8.46. The number of carbonyl (C=O) groups is 1. The number of hydrogen-bond donors (Lipinski definition) is 0. The van der Waals surface area contributed by atoms with Crippen LogP contribution in [0.1, 0.15) is 69.4 Å². The van der Waals surface area contributed by atoms with Gasteiger partial charge in [0.25, 0.3) is 0 Å². The third kappa shape index (κ3) is 3.94. The van der Waals surface area contributed by atoms with Crippen molar-refractivity contribution in [2.75, 3.05) is 7.11 Å². The van der Waals surface area contributed by atoms with Crippen LogP contribution < -0.4 is 0 Å². The quantitative estimate of drug-likeness (QED) is 0.736. The van der Waals surface area contributed by atoms with E-state index in [0.29, 0.717) is 12.3 Å². The zero-order chi connectivity index (χ0) is 15.3. The van der Waals surface area contributed by atoms with Crippen molar-refractivity contribution in [3.05, 3.63) is 35.4 Å². The van der Waals surface area contributed by atoms with Gasteiger partial charge < -0.3 is 4.74 Å². The molecule has 2 rings (SSSR count). The zero-order valence-corrected chi connectivity index (χ0v) is 13.7. The molecule has 1 aliphatic carbocycles.